The molecule has 30 heavy (non-hydrogen) atoms. The van der Waals surface area contributed by atoms with Gasteiger partial charge in [0.15, 0.2) is 8.32 Å². The van der Waals surface area contributed by atoms with E-state index in [1.165, 1.54) is 22.9 Å². The van der Waals surface area contributed by atoms with E-state index in [-0.39, 0.29) is 16.5 Å². The number of allylic oxidation sites excluding steroid dienone is 2. The molecule has 10 heteroatoms. The molecule has 1 amide bonds. The summed E-state index contributed by atoms with van der Waals surface area (Å²) < 4.78 is 37.6. The highest BCUT2D eigenvalue weighted by Gasteiger charge is 2.37. The van der Waals surface area contributed by atoms with Crippen LogP contribution in [0.15, 0.2) is 51.1 Å². The van der Waals surface area contributed by atoms with Crippen LogP contribution in [-0.4, -0.2) is 36.0 Å². The fraction of sp³-hybridized carbons (Fsp3) is 0.450. The lowest BCUT2D eigenvalue weighted by molar-refractivity contribution is 0.164. The van der Waals surface area contributed by atoms with Crippen molar-refractivity contribution in [3.8, 4) is 0 Å². The second kappa shape index (κ2) is 9.95. The summed E-state index contributed by atoms with van der Waals surface area (Å²) in [4.78, 5) is 13.9. The van der Waals surface area contributed by atoms with E-state index in [1.807, 2.05) is 23.8 Å². The molecule has 2 rings (SSSR count). The molecule has 0 aliphatic carbocycles. The summed E-state index contributed by atoms with van der Waals surface area (Å²) in [7, 11) is -2.72. The number of benzene rings is 1. The summed E-state index contributed by atoms with van der Waals surface area (Å²) in [5, 5.41) is 0.154. The summed E-state index contributed by atoms with van der Waals surface area (Å²) in [5.41, 5.74) is 0.928. The molecule has 0 radical (unpaired) electrons. The third-order valence-corrected chi connectivity index (χ3v) is 13.3. The average Bonchev–Trinajstić information content (AvgIpc) is 2.64. The second-order valence-electron chi connectivity index (χ2n) is 8.48. The molecule has 0 saturated carbocycles. The van der Waals surface area contributed by atoms with E-state index in [4.69, 9.17) is 9.16 Å². The number of hydrogen-bond acceptors (Lipinski definition) is 7. The molecule has 0 atom stereocenters. The molecule has 1 heterocycles. The minimum absolute atomic E-state index is 0.000209. The van der Waals surface area contributed by atoms with Crippen molar-refractivity contribution in [1.82, 2.24) is 4.72 Å². The topological polar surface area (TPSA) is 81.7 Å². The first-order valence-corrected chi connectivity index (χ1v) is 16.0. The molecule has 1 aromatic rings. The van der Waals surface area contributed by atoms with Gasteiger partial charge < -0.3 is 9.16 Å². The quantitative estimate of drug-likeness (QED) is 0.396. The summed E-state index contributed by atoms with van der Waals surface area (Å²) in [6.07, 6.45) is 2.82. The Balaban J connectivity index is 1.85. The molecule has 0 spiro atoms. The molecule has 0 aromatic heterocycles. The molecule has 0 saturated heterocycles. The highest BCUT2D eigenvalue weighted by atomic mass is 33.1. The Labute approximate surface area is 188 Å². The zero-order chi connectivity index (χ0) is 22.6. The fourth-order valence-electron chi connectivity index (χ4n) is 2.01. The summed E-state index contributed by atoms with van der Waals surface area (Å²) in [6.45, 7) is 13.5. The highest BCUT2D eigenvalue weighted by molar-refractivity contribution is 8.79. The lowest BCUT2D eigenvalue weighted by Gasteiger charge is -2.36. The maximum atomic E-state index is 12.2. The van der Waals surface area contributed by atoms with Crippen LogP contribution in [0.25, 0.3) is 0 Å². The number of ether oxygens (including phenoxy) is 1. The molecule has 1 aliphatic heterocycles. The highest BCUT2D eigenvalue weighted by Crippen LogP contribution is 2.42. The number of aryl methyl sites for hydroxylation is 1. The van der Waals surface area contributed by atoms with Crippen molar-refractivity contribution < 1.29 is 22.4 Å². The van der Waals surface area contributed by atoms with Gasteiger partial charge in [-0.1, -0.05) is 60.1 Å². The van der Waals surface area contributed by atoms with E-state index < -0.39 is 24.4 Å². The van der Waals surface area contributed by atoms with Crippen LogP contribution in [0.1, 0.15) is 26.3 Å². The SMILES string of the molecule is Cc1ccc(S(=O)(=O)NC(=O)OCC2=CC=C(CO[Si](C)(C)C(C)(C)C)SS2)cc1. The van der Waals surface area contributed by atoms with Gasteiger partial charge in [-0.25, -0.2) is 17.9 Å². The predicted molar refractivity (Wildman–Crippen MR) is 127 cm³/mol. The number of nitrogens with one attached hydrogen (secondary N) is 1. The number of rotatable bonds is 7. The first-order chi connectivity index (χ1) is 13.8. The van der Waals surface area contributed by atoms with E-state index in [0.29, 0.717) is 6.61 Å². The molecule has 1 aromatic carbocycles. The molecule has 6 nitrogen and oxygen atoms in total. The maximum absolute atomic E-state index is 12.2. The number of amides is 1. The smallest absolute Gasteiger partial charge is 0.421 e. The fourth-order valence-corrected chi connectivity index (χ4v) is 5.90. The Morgan fingerprint density at radius 1 is 1.03 bits per heavy atom. The van der Waals surface area contributed by atoms with Crippen LogP contribution >= 0.6 is 21.6 Å². The van der Waals surface area contributed by atoms with Gasteiger partial charge in [-0.3, -0.25) is 0 Å². The van der Waals surface area contributed by atoms with Crippen molar-refractivity contribution in [2.75, 3.05) is 13.2 Å². The zero-order valence-corrected chi connectivity index (χ0v) is 21.6. The summed E-state index contributed by atoms with van der Waals surface area (Å²) in [5.74, 6) is 0. The third kappa shape index (κ3) is 7.19. The Bertz CT molecular complexity index is 932. The standard InChI is InChI=1S/C20H29NO5S3Si/c1-15-7-11-18(12-8-15)29(23,24)21-19(22)25-13-16-9-10-17(28-27-16)14-26-30(5,6)20(2,3)4/h7-12H,13-14H2,1-6H3,(H,21,22). The molecule has 166 valence electrons. The van der Waals surface area contributed by atoms with Gasteiger partial charge in [-0.05, 0) is 49.3 Å². The third-order valence-electron chi connectivity index (χ3n) is 4.99. The normalized spacial score (nSPS) is 15.3. The Hall–Kier alpha value is -1.20. The monoisotopic (exact) mass is 487 g/mol. The predicted octanol–water partition coefficient (Wildman–Crippen LogP) is 5.59. The van der Waals surface area contributed by atoms with Crippen LogP contribution in [0.4, 0.5) is 4.79 Å². The second-order valence-corrected chi connectivity index (χ2v) is 17.4. The lowest BCUT2D eigenvalue weighted by Crippen LogP contribution is -2.41. The van der Waals surface area contributed by atoms with Crippen molar-refractivity contribution in [2.24, 2.45) is 0 Å². The minimum atomic E-state index is -3.95. The molecule has 0 unspecified atom stereocenters. The molecule has 0 fully saturated rings. The van der Waals surface area contributed by atoms with E-state index in [9.17, 15) is 13.2 Å². The van der Waals surface area contributed by atoms with Gasteiger partial charge >= 0.3 is 6.09 Å². The van der Waals surface area contributed by atoms with E-state index >= 15 is 0 Å². The lowest BCUT2D eigenvalue weighted by atomic mass is 10.2. The van der Waals surface area contributed by atoms with Crippen molar-refractivity contribution >= 4 is 46.0 Å². The Morgan fingerprint density at radius 3 is 2.07 bits per heavy atom. The first kappa shape index (κ1) is 25.1. The first-order valence-electron chi connectivity index (χ1n) is 9.45. The summed E-state index contributed by atoms with van der Waals surface area (Å²) in [6, 6.07) is 6.22. The van der Waals surface area contributed by atoms with Crippen LogP contribution in [0, 0.1) is 6.92 Å². The maximum Gasteiger partial charge on any atom is 0.421 e. The van der Waals surface area contributed by atoms with Crippen molar-refractivity contribution in [3.05, 3.63) is 51.8 Å². The van der Waals surface area contributed by atoms with Gasteiger partial charge in [0.2, 0.25) is 0 Å². The van der Waals surface area contributed by atoms with Gasteiger partial charge in [-0.15, -0.1) is 0 Å². The van der Waals surface area contributed by atoms with E-state index in [0.717, 1.165) is 15.4 Å². The summed E-state index contributed by atoms with van der Waals surface area (Å²) >= 11 is 0. The van der Waals surface area contributed by atoms with Crippen molar-refractivity contribution in [3.63, 3.8) is 0 Å². The van der Waals surface area contributed by atoms with Gasteiger partial charge in [0.25, 0.3) is 10.0 Å². The number of sulfonamides is 1. The van der Waals surface area contributed by atoms with Gasteiger partial charge in [0, 0.05) is 9.81 Å². The van der Waals surface area contributed by atoms with Gasteiger partial charge in [0.05, 0.1) is 11.5 Å². The zero-order valence-electron chi connectivity index (χ0n) is 18.1. The Morgan fingerprint density at radius 2 is 1.57 bits per heavy atom. The molecular formula is C20H29NO5S3Si. The van der Waals surface area contributed by atoms with Crippen LogP contribution in [0.2, 0.25) is 18.1 Å². The molecular weight excluding hydrogens is 459 g/mol. The van der Waals surface area contributed by atoms with E-state index in [1.54, 1.807) is 22.9 Å². The van der Waals surface area contributed by atoms with Crippen LogP contribution in [0.3, 0.4) is 0 Å². The number of carbonyl (C=O) groups is 1. The van der Waals surface area contributed by atoms with Crippen molar-refractivity contribution in [1.29, 1.82) is 0 Å². The molecule has 0 bridgehead atoms. The van der Waals surface area contributed by atoms with Crippen molar-refractivity contribution in [2.45, 2.75) is 50.7 Å². The molecule has 1 N–H and O–H groups in total. The van der Waals surface area contributed by atoms with E-state index in [2.05, 4.69) is 33.9 Å². The number of hydrogen-bond donors (Lipinski definition) is 1. The Kier molecular flexibility index (Phi) is 8.31. The van der Waals surface area contributed by atoms with Crippen LogP contribution in [0.5, 0.6) is 0 Å². The van der Waals surface area contributed by atoms with Crippen LogP contribution in [-0.2, 0) is 19.2 Å². The van der Waals surface area contributed by atoms with Gasteiger partial charge in [0.1, 0.15) is 6.61 Å². The van der Waals surface area contributed by atoms with Gasteiger partial charge in [-0.2, -0.15) is 0 Å². The average molecular weight is 488 g/mol. The minimum Gasteiger partial charge on any atom is -0.443 e. The molecule has 1 aliphatic rings. The number of carbonyl (C=O) groups excluding carboxylic acids is 1. The largest absolute Gasteiger partial charge is 0.443 e. The van der Waals surface area contributed by atoms with Crippen LogP contribution < -0.4 is 4.72 Å².